The van der Waals surface area contributed by atoms with Crippen LogP contribution >= 0.6 is 0 Å². The SMILES string of the molecule is c1ccc(CCC2=NCCNC2)cc1. The first-order valence-corrected chi connectivity index (χ1v) is 5.22. The number of nitrogens with one attached hydrogen (secondary N) is 1. The Hall–Kier alpha value is -1.15. The molecule has 0 aliphatic carbocycles. The van der Waals surface area contributed by atoms with E-state index in [9.17, 15) is 0 Å². The standard InChI is InChI=1S/C12H16N2/c1-2-4-11(5-3-1)6-7-12-10-13-8-9-14-12/h1-5,13H,6-10H2. The first kappa shape index (κ1) is 9.41. The van der Waals surface area contributed by atoms with Crippen molar-refractivity contribution in [2.24, 2.45) is 4.99 Å². The lowest BCUT2D eigenvalue weighted by Crippen LogP contribution is -2.30. The van der Waals surface area contributed by atoms with Crippen molar-refractivity contribution in [3.63, 3.8) is 0 Å². The van der Waals surface area contributed by atoms with Crippen LogP contribution < -0.4 is 5.32 Å². The number of rotatable bonds is 3. The van der Waals surface area contributed by atoms with Crippen LogP contribution in [0.4, 0.5) is 0 Å². The third-order valence-electron chi connectivity index (χ3n) is 2.50. The van der Waals surface area contributed by atoms with Crippen molar-refractivity contribution < 1.29 is 0 Å². The van der Waals surface area contributed by atoms with E-state index in [2.05, 4.69) is 40.6 Å². The molecule has 0 radical (unpaired) electrons. The molecule has 74 valence electrons. The number of nitrogens with zero attached hydrogens (tertiary/aromatic N) is 1. The van der Waals surface area contributed by atoms with E-state index in [-0.39, 0.29) is 0 Å². The first-order chi connectivity index (χ1) is 6.95. The van der Waals surface area contributed by atoms with Gasteiger partial charge in [-0.25, -0.2) is 0 Å². The normalized spacial score (nSPS) is 16.4. The molecule has 0 spiro atoms. The summed E-state index contributed by atoms with van der Waals surface area (Å²) in [6, 6.07) is 10.6. The van der Waals surface area contributed by atoms with Gasteiger partial charge in [0.2, 0.25) is 0 Å². The van der Waals surface area contributed by atoms with Gasteiger partial charge in [-0.05, 0) is 18.4 Å². The molecule has 0 amide bonds. The zero-order valence-corrected chi connectivity index (χ0v) is 8.37. The third kappa shape index (κ3) is 2.67. The fourth-order valence-electron chi connectivity index (χ4n) is 1.68. The molecule has 2 heteroatoms. The summed E-state index contributed by atoms with van der Waals surface area (Å²) in [5, 5.41) is 3.34. The maximum absolute atomic E-state index is 4.50. The predicted molar refractivity (Wildman–Crippen MR) is 59.9 cm³/mol. The minimum absolute atomic E-state index is 0.949. The lowest BCUT2D eigenvalue weighted by atomic mass is 10.1. The van der Waals surface area contributed by atoms with Crippen LogP contribution in [-0.2, 0) is 6.42 Å². The summed E-state index contributed by atoms with van der Waals surface area (Å²) >= 11 is 0. The average molecular weight is 188 g/mol. The van der Waals surface area contributed by atoms with Gasteiger partial charge in [-0.15, -0.1) is 0 Å². The van der Waals surface area contributed by atoms with Crippen molar-refractivity contribution in [3.8, 4) is 0 Å². The van der Waals surface area contributed by atoms with E-state index in [1.165, 1.54) is 11.3 Å². The number of aliphatic imine (C=N–C) groups is 1. The Morgan fingerprint density at radius 3 is 2.71 bits per heavy atom. The molecule has 1 aromatic rings. The lowest BCUT2D eigenvalue weighted by Gasteiger charge is -2.12. The Labute approximate surface area is 85.1 Å². The quantitative estimate of drug-likeness (QED) is 0.766. The van der Waals surface area contributed by atoms with Gasteiger partial charge < -0.3 is 5.32 Å². The Morgan fingerprint density at radius 2 is 2.00 bits per heavy atom. The number of hydrogen-bond acceptors (Lipinski definition) is 2. The largest absolute Gasteiger partial charge is 0.310 e. The maximum Gasteiger partial charge on any atom is 0.0514 e. The molecule has 1 aliphatic rings. The molecule has 1 N–H and O–H groups in total. The van der Waals surface area contributed by atoms with Gasteiger partial charge in [0.15, 0.2) is 0 Å². The summed E-state index contributed by atoms with van der Waals surface area (Å²) in [4.78, 5) is 4.50. The predicted octanol–water partition coefficient (Wildman–Crippen LogP) is 1.66. The van der Waals surface area contributed by atoms with Crippen molar-refractivity contribution in [2.45, 2.75) is 12.8 Å². The highest BCUT2D eigenvalue weighted by Gasteiger charge is 2.03. The average Bonchev–Trinajstić information content (AvgIpc) is 2.29. The maximum atomic E-state index is 4.50. The van der Waals surface area contributed by atoms with Gasteiger partial charge in [0.05, 0.1) is 6.54 Å². The van der Waals surface area contributed by atoms with E-state index in [0.717, 1.165) is 32.5 Å². The Kier molecular flexibility index (Phi) is 3.30. The molecule has 2 rings (SSSR count). The summed E-state index contributed by atoms with van der Waals surface area (Å²) in [6.45, 7) is 2.96. The van der Waals surface area contributed by atoms with Crippen LogP contribution in [-0.4, -0.2) is 25.3 Å². The summed E-state index contributed by atoms with van der Waals surface area (Å²) in [7, 11) is 0. The Balaban J connectivity index is 1.85. The first-order valence-electron chi connectivity index (χ1n) is 5.22. The molecular weight excluding hydrogens is 172 g/mol. The van der Waals surface area contributed by atoms with Crippen LogP contribution in [0, 0.1) is 0 Å². The van der Waals surface area contributed by atoms with Crippen molar-refractivity contribution in [1.29, 1.82) is 0 Å². The lowest BCUT2D eigenvalue weighted by molar-refractivity contribution is 0.722. The molecule has 0 aromatic heterocycles. The zero-order chi connectivity index (χ0) is 9.64. The van der Waals surface area contributed by atoms with Crippen molar-refractivity contribution in [1.82, 2.24) is 5.32 Å². The van der Waals surface area contributed by atoms with Gasteiger partial charge in [-0.3, -0.25) is 4.99 Å². The van der Waals surface area contributed by atoms with E-state index in [4.69, 9.17) is 0 Å². The molecule has 0 fully saturated rings. The van der Waals surface area contributed by atoms with Crippen LogP contribution in [0.1, 0.15) is 12.0 Å². The number of aryl methyl sites for hydroxylation is 1. The molecule has 0 unspecified atom stereocenters. The second-order valence-corrected chi connectivity index (χ2v) is 3.61. The third-order valence-corrected chi connectivity index (χ3v) is 2.50. The Bertz CT molecular complexity index is 303. The van der Waals surface area contributed by atoms with Crippen LogP contribution in [0.5, 0.6) is 0 Å². The molecule has 0 bridgehead atoms. The van der Waals surface area contributed by atoms with Gasteiger partial charge in [0.25, 0.3) is 0 Å². The summed E-state index contributed by atoms with van der Waals surface area (Å²) < 4.78 is 0. The molecule has 0 saturated carbocycles. The van der Waals surface area contributed by atoms with Crippen LogP contribution in [0.25, 0.3) is 0 Å². The van der Waals surface area contributed by atoms with Gasteiger partial charge in [0.1, 0.15) is 0 Å². The van der Waals surface area contributed by atoms with E-state index >= 15 is 0 Å². The van der Waals surface area contributed by atoms with E-state index in [1.54, 1.807) is 0 Å². The zero-order valence-electron chi connectivity index (χ0n) is 8.37. The molecule has 2 nitrogen and oxygen atoms in total. The van der Waals surface area contributed by atoms with E-state index in [0.29, 0.717) is 0 Å². The molecule has 14 heavy (non-hydrogen) atoms. The highest BCUT2D eigenvalue weighted by atomic mass is 15.0. The van der Waals surface area contributed by atoms with Crippen LogP contribution in [0.2, 0.25) is 0 Å². The molecule has 0 saturated heterocycles. The monoisotopic (exact) mass is 188 g/mol. The molecular formula is C12H16N2. The summed E-state index contributed by atoms with van der Waals surface area (Å²) in [5.74, 6) is 0. The van der Waals surface area contributed by atoms with Crippen LogP contribution in [0.3, 0.4) is 0 Å². The Morgan fingerprint density at radius 1 is 1.14 bits per heavy atom. The minimum Gasteiger partial charge on any atom is -0.310 e. The van der Waals surface area contributed by atoms with Crippen LogP contribution in [0.15, 0.2) is 35.3 Å². The molecule has 1 heterocycles. The molecule has 1 aromatic carbocycles. The van der Waals surface area contributed by atoms with Gasteiger partial charge >= 0.3 is 0 Å². The fourth-order valence-corrected chi connectivity index (χ4v) is 1.68. The van der Waals surface area contributed by atoms with E-state index < -0.39 is 0 Å². The van der Waals surface area contributed by atoms with Gasteiger partial charge in [-0.1, -0.05) is 30.3 Å². The van der Waals surface area contributed by atoms with Gasteiger partial charge in [-0.2, -0.15) is 0 Å². The fraction of sp³-hybridized carbons (Fsp3) is 0.417. The van der Waals surface area contributed by atoms with Crippen molar-refractivity contribution >= 4 is 5.71 Å². The highest BCUT2D eigenvalue weighted by molar-refractivity contribution is 5.87. The topological polar surface area (TPSA) is 24.4 Å². The molecule has 0 atom stereocenters. The van der Waals surface area contributed by atoms with Crippen molar-refractivity contribution in [3.05, 3.63) is 35.9 Å². The minimum atomic E-state index is 0.949. The summed E-state index contributed by atoms with van der Waals surface area (Å²) in [6.07, 6.45) is 2.21. The number of hydrogen-bond donors (Lipinski definition) is 1. The second kappa shape index (κ2) is 4.91. The summed E-state index contributed by atoms with van der Waals surface area (Å²) in [5.41, 5.74) is 2.72. The smallest absolute Gasteiger partial charge is 0.0514 e. The van der Waals surface area contributed by atoms with Crippen molar-refractivity contribution in [2.75, 3.05) is 19.6 Å². The highest BCUT2D eigenvalue weighted by Crippen LogP contribution is 2.04. The van der Waals surface area contributed by atoms with E-state index in [1.807, 2.05) is 0 Å². The second-order valence-electron chi connectivity index (χ2n) is 3.61. The van der Waals surface area contributed by atoms with Gasteiger partial charge in [0, 0.05) is 18.8 Å². The number of benzene rings is 1. The molecule has 1 aliphatic heterocycles.